The molecule has 3 saturated heterocycles. The summed E-state index contributed by atoms with van der Waals surface area (Å²) in [5.74, 6) is 0.285. The van der Waals surface area contributed by atoms with Crippen LogP contribution in [0.25, 0.3) is 55.8 Å². The number of piperidine rings is 2. The van der Waals surface area contributed by atoms with E-state index in [1.165, 1.54) is 50.7 Å². The highest BCUT2D eigenvalue weighted by atomic mass is 127. The van der Waals surface area contributed by atoms with E-state index in [9.17, 15) is 8.78 Å². The van der Waals surface area contributed by atoms with Gasteiger partial charge in [0.05, 0.1) is 32.0 Å². The minimum absolute atomic E-state index is 0.249. The van der Waals surface area contributed by atoms with Crippen molar-refractivity contribution in [1.29, 1.82) is 0 Å². The Kier molecular flexibility index (Phi) is 17.6. The number of fused-ring (bicyclic) bond motifs is 2. The summed E-state index contributed by atoms with van der Waals surface area (Å²) in [7, 11) is -0.554. The molecule has 0 unspecified atom stereocenters. The lowest BCUT2D eigenvalue weighted by Crippen LogP contribution is -2.41. The molecule has 10 nitrogen and oxygen atoms in total. The van der Waals surface area contributed by atoms with Gasteiger partial charge >= 0.3 is 7.12 Å². The van der Waals surface area contributed by atoms with E-state index in [-0.39, 0.29) is 17.3 Å². The third kappa shape index (κ3) is 12.6. The number of rotatable bonds is 12. The summed E-state index contributed by atoms with van der Waals surface area (Å²) in [6, 6.07) is 33.2. The van der Waals surface area contributed by atoms with Gasteiger partial charge < -0.3 is 27.6 Å². The average Bonchev–Trinajstić information content (AvgIpc) is 4.05. The van der Waals surface area contributed by atoms with Crippen molar-refractivity contribution in [3.05, 3.63) is 147 Å². The fourth-order valence-corrected chi connectivity index (χ4v) is 10.6. The lowest BCUT2D eigenvalue weighted by molar-refractivity contribution is 0.00578. The Labute approximate surface area is 455 Å². The van der Waals surface area contributed by atoms with Crippen molar-refractivity contribution in [3.8, 4) is 45.1 Å². The maximum absolute atomic E-state index is 14.9. The number of halogens is 5. The first-order valence-corrected chi connectivity index (χ1v) is 27.2. The van der Waals surface area contributed by atoms with E-state index in [1.807, 2.05) is 100 Å². The molecule has 3 fully saturated rings. The van der Waals surface area contributed by atoms with E-state index in [0.717, 1.165) is 76.1 Å². The Balaban J connectivity index is 0.000000143. The maximum atomic E-state index is 14.9. The number of ether oxygens (including phenoxy) is 2. The van der Waals surface area contributed by atoms with Crippen LogP contribution in [-0.4, -0.2) is 90.6 Å². The molecule has 7 heterocycles. The van der Waals surface area contributed by atoms with Crippen LogP contribution in [0.5, 0.6) is 11.5 Å². The molecule has 0 amide bonds. The fraction of sp³-hybridized carbons (Fsp3) is 0.345. The van der Waals surface area contributed by atoms with Crippen LogP contribution in [0.3, 0.4) is 0 Å². The van der Waals surface area contributed by atoms with Crippen LogP contribution >= 0.6 is 45.8 Å². The summed E-state index contributed by atoms with van der Waals surface area (Å²) in [5.41, 5.74) is 5.27. The summed E-state index contributed by atoms with van der Waals surface area (Å²) in [6.45, 7) is 15.0. The first kappa shape index (κ1) is 53.8. The van der Waals surface area contributed by atoms with Gasteiger partial charge in [-0.1, -0.05) is 103 Å². The average molecular weight is 1160 g/mol. The van der Waals surface area contributed by atoms with Gasteiger partial charge in [-0.25, -0.2) is 18.7 Å². The van der Waals surface area contributed by atoms with Crippen molar-refractivity contribution in [3.63, 3.8) is 0 Å². The smallest absolute Gasteiger partial charge is 0.489 e. The summed E-state index contributed by atoms with van der Waals surface area (Å²) in [4.78, 5) is 13.3. The van der Waals surface area contributed by atoms with Gasteiger partial charge in [-0.15, -0.1) is 0 Å². The van der Waals surface area contributed by atoms with Gasteiger partial charge in [-0.3, -0.25) is 9.80 Å². The van der Waals surface area contributed by atoms with E-state index in [0.29, 0.717) is 51.5 Å². The third-order valence-corrected chi connectivity index (χ3v) is 15.5. The first-order valence-electron chi connectivity index (χ1n) is 25.3. The second-order valence-corrected chi connectivity index (χ2v) is 21.5. The van der Waals surface area contributed by atoms with Crippen LogP contribution in [0.4, 0.5) is 8.78 Å². The Morgan fingerprint density at radius 3 is 1.57 bits per heavy atom. The molecular weight excluding hydrogens is 1100 g/mol. The molecule has 4 aromatic heterocycles. The zero-order chi connectivity index (χ0) is 51.8. The van der Waals surface area contributed by atoms with Crippen molar-refractivity contribution in [1.82, 2.24) is 19.8 Å². The predicted molar refractivity (Wildman–Crippen MR) is 301 cm³/mol. The topological polar surface area (TPSA) is 95.5 Å². The highest BCUT2D eigenvalue weighted by Gasteiger charge is 2.51. The number of pyridine rings is 2. The van der Waals surface area contributed by atoms with E-state index in [1.54, 1.807) is 36.7 Å². The maximum Gasteiger partial charge on any atom is 0.494 e. The van der Waals surface area contributed by atoms with E-state index in [4.69, 9.17) is 50.8 Å². The number of likely N-dealkylation sites (tertiary alicyclic amines) is 2. The minimum Gasteiger partial charge on any atom is -0.489 e. The van der Waals surface area contributed by atoms with E-state index >= 15 is 0 Å². The van der Waals surface area contributed by atoms with E-state index in [2.05, 4.69) is 42.4 Å². The number of hydrogen-bond acceptors (Lipinski definition) is 10. The zero-order valence-electron chi connectivity index (χ0n) is 42.2. The van der Waals surface area contributed by atoms with Crippen molar-refractivity contribution < 1.29 is 36.4 Å². The fourth-order valence-electron chi connectivity index (χ4n) is 9.34. The number of furan rings is 2. The molecule has 386 valence electrons. The molecular formula is C58H60BCl2F2IN4O6. The quantitative estimate of drug-likeness (QED) is 0.0869. The van der Waals surface area contributed by atoms with Gasteiger partial charge in [-0.05, 0) is 139 Å². The van der Waals surface area contributed by atoms with E-state index < -0.39 is 24.1 Å². The molecule has 3 aliphatic heterocycles. The zero-order valence-corrected chi connectivity index (χ0v) is 45.8. The van der Waals surface area contributed by atoms with Crippen LogP contribution in [0, 0.1) is 15.4 Å². The summed E-state index contributed by atoms with van der Waals surface area (Å²) >= 11 is 14.9. The van der Waals surface area contributed by atoms with Gasteiger partial charge in [0.15, 0.2) is 26.9 Å². The highest BCUT2D eigenvalue weighted by molar-refractivity contribution is 14.1. The van der Waals surface area contributed by atoms with Gasteiger partial charge in [0.2, 0.25) is 11.4 Å². The molecule has 0 N–H and O–H groups in total. The monoisotopic (exact) mass is 1150 g/mol. The standard InChI is InChI=1S/C26H24ClFN2O2.C19H29BFNO3.C13H7ClINO/c27-20-11-12-29-26-24(20)23(18-7-3-1-4-8-18)25(32-26)19-9-10-22(21(28)17-19)31-16-15-30-13-5-2-6-14-30;1-18(2)19(3,4)25-20(24-18)15-8-9-17(16(21)14-15)23-13-12-22-10-6-5-7-11-22;14-9-6-7-16-13-11(9)10(12(15)17-13)8-4-2-1-3-5-8/h1,3-4,7-12,17H,2,5-6,13-16H2;8-9,14H,5-7,10-13H2,1-4H3;1-7H. The van der Waals surface area contributed by atoms with Crippen molar-refractivity contribution in [2.45, 2.75) is 77.4 Å². The molecule has 11 rings (SSSR count). The van der Waals surface area contributed by atoms with Gasteiger partial charge in [0.1, 0.15) is 19.0 Å². The van der Waals surface area contributed by atoms with Gasteiger partial charge in [0.25, 0.3) is 0 Å². The van der Waals surface area contributed by atoms with Crippen LogP contribution in [0.15, 0.2) is 130 Å². The molecule has 0 aliphatic carbocycles. The molecule has 16 heteroatoms. The molecule has 8 aromatic rings. The third-order valence-electron chi connectivity index (χ3n) is 14.1. The molecule has 0 atom stereocenters. The van der Waals surface area contributed by atoms with Gasteiger partial charge in [-0.2, -0.15) is 0 Å². The first-order chi connectivity index (χ1) is 35.8. The summed E-state index contributed by atoms with van der Waals surface area (Å²) in [6.07, 6.45) is 10.8. The Morgan fingerprint density at radius 1 is 0.581 bits per heavy atom. The second-order valence-electron chi connectivity index (χ2n) is 19.7. The Hall–Kier alpha value is -5.07. The number of benzene rings is 4. The SMILES string of the molecule is CC1(C)OB(c2ccc(OCCN3CCCCC3)c(F)c2)OC1(C)C.Clc1ccnc2oc(I)c(-c3ccccc3)c12.Fc1cc(-c2oc3nccc(Cl)c3c2-c2ccccc2)ccc1OCCN1CCCCC1. The van der Waals surface area contributed by atoms with Crippen molar-refractivity contribution in [2.75, 3.05) is 52.5 Å². The van der Waals surface area contributed by atoms with Crippen LogP contribution in [0.2, 0.25) is 10.0 Å². The number of nitrogens with zero attached hydrogens (tertiary/aromatic N) is 4. The van der Waals surface area contributed by atoms with Crippen LogP contribution < -0.4 is 14.9 Å². The predicted octanol–water partition coefficient (Wildman–Crippen LogP) is 14.6. The summed E-state index contributed by atoms with van der Waals surface area (Å²) in [5, 5.41) is 2.81. The molecule has 0 spiro atoms. The summed E-state index contributed by atoms with van der Waals surface area (Å²) < 4.78 is 65.2. The molecule has 74 heavy (non-hydrogen) atoms. The largest absolute Gasteiger partial charge is 0.494 e. The van der Waals surface area contributed by atoms with Crippen LogP contribution in [0.1, 0.15) is 66.2 Å². The number of aromatic nitrogens is 2. The molecule has 3 aliphatic rings. The molecule has 4 aromatic carbocycles. The molecule has 0 saturated carbocycles. The van der Waals surface area contributed by atoms with Crippen molar-refractivity contribution >= 4 is 80.6 Å². The lowest BCUT2D eigenvalue weighted by atomic mass is 9.79. The lowest BCUT2D eigenvalue weighted by Gasteiger charge is -2.32. The normalized spacial score (nSPS) is 16.6. The van der Waals surface area contributed by atoms with Crippen molar-refractivity contribution in [2.24, 2.45) is 0 Å². The second kappa shape index (κ2) is 24.3. The highest BCUT2D eigenvalue weighted by Crippen LogP contribution is 2.44. The number of hydrogen-bond donors (Lipinski definition) is 0. The molecule has 0 radical (unpaired) electrons. The minimum atomic E-state index is -0.554. The van der Waals surface area contributed by atoms with Crippen LogP contribution in [-0.2, 0) is 9.31 Å². The molecule has 0 bridgehead atoms. The van der Waals surface area contributed by atoms with Gasteiger partial charge in [0, 0.05) is 64.8 Å². The Bertz CT molecular complexity index is 3130. The Morgan fingerprint density at radius 2 is 1.05 bits per heavy atom.